The number of nitrogens with zero attached hydrogens (tertiary/aromatic N) is 5. The first-order chi connectivity index (χ1) is 13.3. The molecule has 0 spiro atoms. The molecule has 2 saturated heterocycles. The predicted molar refractivity (Wildman–Crippen MR) is 106 cm³/mol. The third-order valence-electron chi connectivity index (χ3n) is 5.63. The average molecular weight is 365 g/mol. The molecule has 0 N–H and O–H groups in total. The molecule has 4 rings (SSSR count). The zero-order valence-corrected chi connectivity index (χ0v) is 16.0. The van der Waals surface area contributed by atoms with Crippen molar-refractivity contribution in [1.82, 2.24) is 19.9 Å². The number of pyridine rings is 1. The van der Waals surface area contributed by atoms with Crippen LogP contribution in [0.5, 0.6) is 0 Å². The minimum atomic E-state index is 0.233. The largest absolute Gasteiger partial charge is 0.342 e. The summed E-state index contributed by atoms with van der Waals surface area (Å²) in [4.78, 5) is 30.5. The van der Waals surface area contributed by atoms with Crippen molar-refractivity contribution in [3.05, 3.63) is 36.4 Å². The summed E-state index contributed by atoms with van der Waals surface area (Å²) in [6, 6.07) is 4.00. The zero-order valence-electron chi connectivity index (χ0n) is 16.0. The minimum absolute atomic E-state index is 0.233. The van der Waals surface area contributed by atoms with Crippen LogP contribution < -0.4 is 4.90 Å². The van der Waals surface area contributed by atoms with E-state index in [1.165, 1.54) is 12.8 Å². The van der Waals surface area contributed by atoms with E-state index in [-0.39, 0.29) is 11.8 Å². The Kier molecular flexibility index (Phi) is 5.32. The lowest BCUT2D eigenvalue weighted by Gasteiger charge is -2.33. The maximum atomic E-state index is 12.2. The quantitative estimate of drug-likeness (QED) is 0.832. The molecule has 6 heteroatoms. The van der Waals surface area contributed by atoms with Crippen molar-refractivity contribution in [3.8, 4) is 11.1 Å². The fraction of sp³-hybridized carbons (Fsp3) is 0.524. The molecule has 0 unspecified atom stereocenters. The van der Waals surface area contributed by atoms with Gasteiger partial charge in [-0.15, -0.1) is 0 Å². The Labute approximate surface area is 160 Å². The molecule has 2 aromatic heterocycles. The van der Waals surface area contributed by atoms with E-state index < -0.39 is 0 Å². The Morgan fingerprint density at radius 1 is 1.19 bits per heavy atom. The molecule has 0 aliphatic carbocycles. The van der Waals surface area contributed by atoms with Crippen LogP contribution in [-0.2, 0) is 4.79 Å². The normalized spacial score (nSPS) is 20.1. The summed E-state index contributed by atoms with van der Waals surface area (Å²) in [6.45, 7) is 5.59. The van der Waals surface area contributed by atoms with E-state index in [0.29, 0.717) is 6.42 Å². The van der Waals surface area contributed by atoms with E-state index in [1.54, 1.807) is 6.20 Å². The highest BCUT2D eigenvalue weighted by Crippen LogP contribution is 2.34. The van der Waals surface area contributed by atoms with Crippen molar-refractivity contribution < 1.29 is 4.79 Å². The third-order valence-corrected chi connectivity index (χ3v) is 5.63. The van der Waals surface area contributed by atoms with Crippen molar-refractivity contribution in [1.29, 1.82) is 0 Å². The minimum Gasteiger partial charge on any atom is -0.342 e. The smallest absolute Gasteiger partial charge is 0.225 e. The van der Waals surface area contributed by atoms with Crippen LogP contribution in [0.25, 0.3) is 11.1 Å². The van der Waals surface area contributed by atoms with Crippen LogP contribution in [0.2, 0.25) is 0 Å². The van der Waals surface area contributed by atoms with Crippen molar-refractivity contribution in [2.24, 2.45) is 0 Å². The summed E-state index contributed by atoms with van der Waals surface area (Å²) >= 11 is 0. The molecule has 142 valence electrons. The zero-order chi connectivity index (χ0) is 18.6. The van der Waals surface area contributed by atoms with Crippen molar-refractivity contribution in [2.45, 2.75) is 44.9 Å². The molecule has 2 aromatic rings. The molecule has 0 radical (unpaired) electrons. The van der Waals surface area contributed by atoms with E-state index >= 15 is 0 Å². The Morgan fingerprint density at radius 2 is 2.04 bits per heavy atom. The fourth-order valence-corrected chi connectivity index (χ4v) is 4.16. The molecule has 2 fully saturated rings. The number of aromatic nitrogens is 3. The molecule has 0 aromatic carbocycles. The van der Waals surface area contributed by atoms with Gasteiger partial charge in [0.25, 0.3) is 0 Å². The number of amides is 1. The number of hydrogen-bond donors (Lipinski definition) is 0. The molecule has 6 nitrogen and oxygen atoms in total. The monoisotopic (exact) mass is 365 g/mol. The van der Waals surface area contributed by atoms with E-state index in [9.17, 15) is 4.79 Å². The number of anilines is 1. The maximum Gasteiger partial charge on any atom is 0.225 e. The van der Waals surface area contributed by atoms with Gasteiger partial charge in [0.15, 0.2) is 0 Å². The highest BCUT2D eigenvalue weighted by atomic mass is 16.2. The summed E-state index contributed by atoms with van der Waals surface area (Å²) in [5.74, 6) is 1.30. The van der Waals surface area contributed by atoms with Gasteiger partial charge >= 0.3 is 0 Å². The Morgan fingerprint density at radius 3 is 2.78 bits per heavy atom. The van der Waals surface area contributed by atoms with Crippen LogP contribution in [-0.4, -0.2) is 51.9 Å². The molecule has 4 heterocycles. The topological polar surface area (TPSA) is 62.2 Å². The second-order valence-electron chi connectivity index (χ2n) is 7.44. The summed E-state index contributed by atoms with van der Waals surface area (Å²) < 4.78 is 0. The van der Waals surface area contributed by atoms with Gasteiger partial charge in [0.05, 0.1) is 5.69 Å². The summed E-state index contributed by atoms with van der Waals surface area (Å²) in [7, 11) is 0. The second-order valence-corrected chi connectivity index (χ2v) is 7.44. The van der Waals surface area contributed by atoms with Gasteiger partial charge in [0.1, 0.15) is 0 Å². The van der Waals surface area contributed by atoms with Gasteiger partial charge in [-0.25, -0.2) is 9.97 Å². The first kappa shape index (κ1) is 17.9. The Balaban J connectivity index is 1.71. The first-order valence-electron chi connectivity index (χ1n) is 10.1. The van der Waals surface area contributed by atoms with Crippen LogP contribution in [0, 0.1) is 0 Å². The van der Waals surface area contributed by atoms with E-state index in [0.717, 1.165) is 61.8 Å². The standard InChI is InChI=1S/C21H27N5O/c1-2-19(27)26-12-6-8-17(15-26)20-18(16-7-5-9-22-13-16)14-23-21(24-20)25-10-3-4-11-25/h5,7,9,13-14,17H,2-4,6,8,10-12,15H2,1H3/t17-/m1/s1. The van der Waals surface area contributed by atoms with Crippen LogP contribution in [0.4, 0.5) is 5.95 Å². The van der Waals surface area contributed by atoms with Gasteiger partial charge in [-0.3, -0.25) is 9.78 Å². The van der Waals surface area contributed by atoms with Crippen molar-refractivity contribution in [3.63, 3.8) is 0 Å². The number of piperidine rings is 1. The van der Waals surface area contributed by atoms with Crippen LogP contribution in [0.1, 0.15) is 50.6 Å². The number of rotatable bonds is 4. The van der Waals surface area contributed by atoms with Crippen LogP contribution in [0.15, 0.2) is 30.7 Å². The number of hydrogen-bond acceptors (Lipinski definition) is 5. The Bertz CT molecular complexity index is 788. The highest BCUT2D eigenvalue weighted by molar-refractivity contribution is 5.76. The fourth-order valence-electron chi connectivity index (χ4n) is 4.16. The SMILES string of the molecule is CCC(=O)N1CCC[C@@H](c2nc(N3CCCC3)ncc2-c2cccnc2)C1. The second kappa shape index (κ2) is 8.03. The van der Waals surface area contributed by atoms with Crippen molar-refractivity contribution in [2.75, 3.05) is 31.1 Å². The summed E-state index contributed by atoms with van der Waals surface area (Å²) in [5.41, 5.74) is 3.15. The average Bonchev–Trinajstić information content (AvgIpc) is 3.28. The lowest BCUT2D eigenvalue weighted by atomic mass is 9.90. The molecule has 27 heavy (non-hydrogen) atoms. The molecular formula is C21H27N5O. The van der Waals surface area contributed by atoms with Gasteiger partial charge in [-0.1, -0.05) is 13.0 Å². The lowest BCUT2D eigenvalue weighted by Crippen LogP contribution is -2.39. The summed E-state index contributed by atoms with van der Waals surface area (Å²) in [5, 5.41) is 0. The molecule has 0 bridgehead atoms. The van der Waals surface area contributed by atoms with E-state index in [4.69, 9.17) is 4.98 Å². The van der Waals surface area contributed by atoms with Crippen LogP contribution in [0.3, 0.4) is 0 Å². The third kappa shape index (κ3) is 3.80. The van der Waals surface area contributed by atoms with Crippen molar-refractivity contribution >= 4 is 11.9 Å². The molecule has 1 atom stereocenters. The molecule has 2 aliphatic heterocycles. The van der Waals surface area contributed by atoms with E-state index in [1.807, 2.05) is 30.3 Å². The number of carbonyl (C=O) groups excluding carboxylic acids is 1. The van der Waals surface area contributed by atoms with Crippen LogP contribution >= 0.6 is 0 Å². The van der Waals surface area contributed by atoms with E-state index in [2.05, 4.69) is 20.9 Å². The Hall–Kier alpha value is -2.50. The first-order valence-corrected chi connectivity index (χ1v) is 10.1. The molecule has 1 amide bonds. The lowest BCUT2D eigenvalue weighted by molar-refractivity contribution is -0.132. The summed E-state index contributed by atoms with van der Waals surface area (Å²) in [6.07, 6.45) is 10.6. The molecular weight excluding hydrogens is 338 g/mol. The molecule has 2 aliphatic rings. The van der Waals surface area contributed by atoms with Gasteiger partial charge in [-0.2, -0.15) is 0 Å². The predicted octanol–water partition coefficient (Wildman–Crippen LogP) is 3.25. The number of carbonyl (C=O) groups is 1. The highest BCUT2D eigenvalue weighted by Gasteiger charge is 2.28. The van der Waals surface area contributed by atoms with Gasteiger partial charge < -0.3 is 9.80 Å². The number of likely N-dealkylation sites (tertiary alicyclic amines) is 1. The van der Waals surface area contributed by atoms with Gasteiger partial charge in [0.2, 0.25) is 11.9 Å². The van der Waals surface area contributed by atoms with Gasteiger partial charge in [0, 0.05) is 68.2 Å². The van der Waals surface area contributed by atoms with Gasteiger partial charge in [-0.05, 0) is 31.7 Å². The maximum absolute atomic E-state index is 12.2. The molecule has 0 saturated carbocycles.